The standard InChI is InChI=1S/C29H37BrClF2N5O3/c1-27(2,3)41-26(39)37-15-28(16-37)7-4-5-9-36(14-28)24-19-11-20(31)21(30)22(33)23(19)34-25(35-24)40-17-29-8-6-10-38(29)13-18(32)12-29/h11,18H,4-10,12-17H2,1-3H3/t18-,29+/m1/s1. The number of alkyl halides is 1. The molecule has 224 valence electrons. The fourth-order valence-corrected chi connectivity index (χ4v) is 7.61. The van der Waals surface area contributed by atoms with Gasteiger partial charge in [0.05, 0.1) is 15.0 Å². The smallest absolute Gasteiger partial charge is 0.410 e. The average Bonchev–Trinajstić information content (AvgIpc) is 3.29. The molecule has 2 aromatic rings. The van der Waals surface area contributed by atoms with Crippen LogP contribution >= 0.6 is 27.5 Å². The van der Waals surface area contributed by atoms with Gasteiger partial charge in [0, 0.05) is 49.9 Å². The average molecular weight is 657 g/mol. The predicted molar refractivity (Wildman–Crippen MR) is 157 cm³/mol. The third-order valence-electron chi connectivity index (χ3n) is 8.93. The highest BCUT2D eigenvalue weighted by Crippen LogP contribution is 2.44. The summed E-state index contributed by atoms with van der Waals surface area (Å²) in [5.41, 5.74) is -0.922. The van der Waals surface area contributed by atoms with Crippen LogP contribution in [0.1, 0.15) is 59.3 Å². The number of ether oxygens (including phenoxy) is 2. The number of halogens is 4. The number of carbonyl (C=O) groups is 1. The normalized spacial score (nSPS) is 26.3. The Bertz CT molecular complexity index is 1350. The third-order valence-corrected chi connectivity index (χ3v) is 10.2. The lowest BCUT2D eigenvalue weighted by atomic mass is 9.76. The van der Waals surface area contributed by atoms with Crippen molar-refractivity contribution in [1.29, 1.82) is 0 Å². The van der Waals surface area contributed by atoms with Gasteiger partial charge in [0.2, 0.25) is 0 Å². The van der Waals surface area contributed by atoms with Crippen LogP contribution in [0.3, 0.4) is 0 Å². The van der Waals surface area contributed by atoms with E-state index in [9.17, 15) is 9.18 Å². The minimum absolute atomic E-state index is 0.0754. The third kappa shape index (κ3) is 5.58. The van der Waals surface area contributed by atoms with Crippen LogP contribution in [0, 0.1) is 11.2 Å². The Labute approximate surface area is 252 Å². The zero-order valence-corrected chi connectivity index (χ0v) is 26.2. The van der Waals surface area contributed by atoms with Gasteiger partial charge in [0.25, 0.3) is 0 Å². The first-order chi connectivity index (χ1) is 19.4. The van der Waals surface area contributed by atoms with Gasteiger partial charge in [-0.05, 0) is 75.0 Å². The Balaban J connectivity index is 1.30. The van der Waals surface area contributed by atoms with Crippen LogP contribution in [0.25, 0.3) is 10.9 Å². The van der Waals surface area contributed by atoms with E-state index in [1.807, 2.05) is 20.8 Å². The quantitative estimate of drug-likeness (QED) is 0.355. The van der Waals surface area contributed by atoms with E-state index < -0.39 is 17.6 Å². The summed E-state index contributed by atoms with van der Waals surface area (Å²) in [6.45, 7) is 9.67. The molecule has 4 aliphatic heterocycles. The van der Waals surface area contributed by atoms with E-state index in [-0.39, 0.29) is 44.7 Å². The summed E-state index contributed by atoms with van der Waals surface area (Å²) in [6, 6.07) is 1.77. The van der Waals surface area contributed by atoms with Crippen LogP contribution < -0.4 is 9.64 Å². The molecule has 4 aliphatic rings. The van der Waals surface area contributed by atoms with Crippen LogP contribution in [0.15, 0.2) is 10.5 Å². The number of carbonyl (C=O) groups excluding carboxylic acids is 1. The van der Waals surface area contributed by atoms with Crippen molar-refractivity contribution in [1.82, 2.24) is 19.8 Å². The molecule has 1 amide bonds. The molecule has 5 heterocycles. The van der Waals surface area contributed by atoms with Gasteiger partial charge in [-0.2, -0.15) is 9.97 Å². The SMILES string of the molecule is CC(C)(C)OC(=O)N1CC2(CCCCN(c3nc(OC[C@@]45CCCN4C[C@H](F)C5)nc4c(F)c(Br)c(Cl)cc34)C2)C1. The molecule has 1 aromatic heterocycles. The van der Waals surface area contributed by atoms with Gasteiger partial charge in [0.15, 0.2) is 5.82 Å². The van der Waals surface area contributed by atoms with Crippen LogP contribution in [0.4, 0.5) is 19.4 Å². The molecular weight excluding hydrogens is 620 g/mol. The summed E-state index contributed by atoms with van der Waals surface area (Å²) in [6.07, 6.45) is 4.00. The monoisotopic (exact) mass is 655 g/mol. The van der Waals surface area contributed by atoms with E-state index in [2.05, 4.69) is 30.7 Å². The number of rotatable bonds is 4. The number of nitrogens with zero attached hydrogens (tertiary/aromatic N) is 5. The molecule has 0 N–H and O–H groups in total. The van der Waals surface area contributed by atoms with E-state index in [0.29, 0.717) is 43.8 Å². The minimum Gasteiger partial charge on any atom is -0.461 e. The number of amides is 1. The summed E-state index contributed by atoms with van der Waals surface area (Å²) in [5, 5.41) is 0.743. The fraction of sp³-hybridized carbons (Fsp3) is 0.690. The second-order valence-electron chi connectivity index (χ2n) is 13.3. The van der Waals surface area contributed by atoms with Crippen molar-refractivity contribution < 1.29 is 23.0 Å². The molecule has 0 aliphatic carbocycles. The molecule has 0 saturated carbocycles. The Morgan fingerprint density at radius 2 is 1.95 bits per heavy atom. The zero-order valence-electron chi connectivity index (χ0n) is 23.8. The van der Waals surface area contributed by atoms with Crippen LogP contribution in [0.2, 0.25) is 5.02 Å². The predicted octanol–water partition coefficient (Wildman–Crippen LogP) is 6.37. The first kappa shape index (κ1) is 29.1. The first-order valence-corrected chi connectivity index (χ1v) is 15.6. The topological polar surface area (TPSA) is 71.0 Å². The molecule has 41 heavy (non-hydrogen) atoms. The van der Waals surface area contributed by atoms with E-state index in [0.717, 1.165) is 45.2 Å². The molecule has 0 bridgehead atoms. The van der Waals surface area contributed by atoms with E-state index >= 15 is 4.39 Å². The van der Waals surface area contributed by atoms with Gasteiger partial charge in [-0.3, -0.25) is 4.90 Å². The summed E-state index contributed by atoms with van der Waals surface area (Å²) < 4.78 is 41.8. The summed E-state index contributed by atoms with van der Waals surface area (Å²) in [5.74, 6) is -0.0125. The largest absolute Gasteiger partial charge is 0.461 e. The maximum absolute atomic E-state index is 15.6. The number of hydrogen-bond donors (Lipinski definition) is 0. The van der Waals surface area contributed by atoms with E-state index in [1.54, 1.807) is 11.0 Å². The van der Waals surface area contributed by atoms with Gasteiger partial charge in [0.1, 0.15) is 29.7 Å². The molecule has 0 radical (unpaired) electrons. The highest BCUT2D eigenvalue weighted by atomic mass is 79.9. The van der Waals surface area contributed by atoms with Crippen LogP contribution in [0.5, 0.6) is 6.01 Å². The second-order valence-corrected chi connectivity index (χ2v) is 14.5. The Hall–Kier alpha value is -1.98. The minimum atomic E-state index is -0.876. The highest BCUT2D eigenvalue weighted by molar-refractivity contribution is 9.10. The van der Waals surface area contributed by atoms with Crippen molar-refractivity contribution in [3.63, 3.8) is 0 Å². The molecule has 4 saturated heterocycles. The zero-order chi connectivity index (χ0) is 29.2. The molecule has 1 aromatic carbocycles. The van der Waals surface area contributed by atoms with Crippen molar-refractivity contribution in [2.45, 2.75) is 76.6 Å². The number of hydrogen-bond acceptors (Lipinski definition) is 7. The van der Waals surface area contributed by atoms with Crippen molar-refractivity contribution in [3.8, 4) is 6.01 Å². The van der Waals surface area contributed by atoms with Crippen molar-refractivity contribution in [3.05, 3.63) is 21.4 Å². The van der Waals surface area contributed by atoms with Gasteiger partial charge in [-0.15, -0.1) is 0 Å². The maximum atomic E-state index is 15.6. The van der Waals surface area contributed by atoms with E-state index in [4.69, 9.17) is 26.1 Å². The lowest BCUT2D eigenvalue weighted by Crippen LogP contribution is -2.62. The van der Waals surface area contributed by atoms with Crippen LogP contribution in [-0.4, -0.2) is 89.0 Å². The lowest BCUT2D eigenvalue weighted by molar-refractivity contribution is -0.0336. The molecule has 8 nitrogen and oxygen atoms in total. The highest BCUT2D eigenvalue weighted by Gasteiger charge is 2.50. The second kappa shape index (κ2) is 10.6. The molecule has 6 rings (SSSR count). The number of benzene rings is 1. The lowest BCUT2D eigenvalue weighted by Gasteiger charge is -2.51. The van der Waals surface area contributed by atoms with Crippen LogP contribution in [-0.2, 0) is 4.74 Å². The summed E-state index contributed by atoms with van der Waals surface area (Å²) >= 11 is 9.66. The van der Waals surface area contributed by atoms with Gasteiger partial charge in [-0.1, -0.05) is 18.0 Å². The molecule has 1 spiro atoms. The van der Waals surface area contributed by atoms with Gasteiger partial charge >= 0.3 is 12.1 Å². The number of likely N-dealkylation sites (tertiary alicyclic amines) is 1. The summed E-state index contributed by atoms with van der Waals surface area (Å²) in [4.78, 5) is 28.1. The Morgan fingerprint density at radius 1 is 1.17 bits per heavy atom. The Morgan fingerprint density at radius 3 is 2.71 bits per heavy atom. The van der Waals surface area contributed by atoms with Crippen molar-refractivity contribution in [2.75, 3.05) is 50.8 Å². The number of aromatic nitrogens is 2. The molecule has 2 atom stereocenters. The number of fused-ring (bicyclic) bond motifs is 2. The van der Waals surface area contributed by atoms with Gasteiger partial charge < -0.3 is 19.3 Å². The van der Waals surface area contributed by atoms with Crippen molar-refractivity contribution >= 4 is 50.3 Å². The summed E-state index contributed by atoms with van der Waals surface area (Å²) in [7, 11) is 0. The van der Waals surface area contributed by atoms with E-state index in [1.165, 1.54) is 0 Å². The van der Waals surface area contributed by atoms with Crippen molar-refractivity contribution in [2.24, 2.45) is 5.41 Å². The molecule has 0 unspecified atom stereocenters. The fourth-order valence-electron chi connectivity index (χ4n) is 7.11. The number of anilines is 1. The first-order valence-electron chi connectivity index (χ1n) is 14.5. The maximum Gasteiger partial charge on any atom is 0.410 e. The molecule has 4 fully saturated rings. The molecular formula is C29H37BrClF2N5O3. The molecule has 12 heteroatoms. The Kier molecular flexibility index (Phi) is 7.55. The van der Waals surface area contributed by atoms with Gasteiger partial charge in [-0.25, -0.2) is 13.6 Å².